The van der Waals surface area contributed by atoms with Crippen molar-refractivity contribution in [3.05, 3.63) is 47.7 Å². The minimum atomic E-state index is 0. The van der Waals surface area contributed by atoms with Crippen LogP contribution >= 0.6 is 0 Å². The van der Waals surface area contributed by atoms with Crippen molar-refractivity contribution in [2.75, 3.05) is 26.7 Å². The van der Waals surface area contributed by atoms with Gasteiger partial charge < -0.3 is 33.0 Å². The van der Waals surface area contributed by atoms with Gasteiger partial charge in [0.05, 0.1) is 26.7 Å². The van der Waals surface area contributed by atoms with E-state index in [0.717, 1.165) is 6.54 Å². The monoisotopic (exact) mass is 424 g/mol. The second-order valence-corrected chi connectivity index (χ2v) is 7.35. The average molecular weight is 424 g/mol. The molecule has 0 radical (unpaired) electrons. The molecule has 0 saturated carbocycles. The Kier molecular flexibility index (Phi) is 6.32. The van der Waals surface area contributed by atoms with Crippen molar-refractivity contribution in [3.8, 4) is 0 Å². The summed E-state index contributed by atoms with van der Waals surface area (Å²) >= 11 is 0. The van der Waals surface area contributed by atoms with Gasteiger partial charge in [-0.25, -0.2) is 0 Å². The summed E-state index contributed by atoms with van der Waals surface area (Å²) in [6, 6.07) is 8.86. The van der Waals surface area contributed by atoms with E-state index in [1.807, 2.05) is 0 Å². The SMILES string of the molecule is CC(C)=CCn1cc(CC[N+]2(C)CCCC2)c2ccccc21.[I-]. The van der Waals surface area contributed by atoms with Crippen LogP contribution in [0.5, 0.6) is 0 Å². The van der Waals surface area contributed by atoms with Crippen molar-refractivity contribution in [2.24, 2.45) is 0 Å². The molecule has 126 valence electrons. The minimum Gasteiger partial charge on any atom is -1.00 e. The number of hydrogen-bond acceptors (Lipinski definition) is 0. The summed E-state index contributed by atoms with van der Waals surface area (Å²) in [5.41, 5.74) is 4.28. The highest BCUT2D eigenvalue weighted by atomic mass is 127. The van der Waals surface area contributed by atoms with E-state index in [0.29, 0.717) is 0 Å². The third kappa shape index (κ3) is 4.38. The molecule has 0 bridgehead atoms. The fraction of sp³-hybridized carbons (Fsp3) is 0.500. The molecule has 1 aromatic carbocycles. The lowest BCUT2D eigenvalue weighted by Crippen LogP contribution is -3.00. The van der Waals surface area contributed by atoms with Crippen LogP contribution in [0.3, 0.4) is 0 Å². The molecule has 1 aliphatic rings. The Labute approximate surface area is 157 Å². The van der Waals surface area contributed by atoms with E-state index in [4.69, 9.17) is 0 Å². The number of hydrogen-bond donors (Lipinski definition) is 0. The Balaban J connectivity index is 0.00000192. The van der Waals surface area contributed by atoms with Crippen LogP contribution in [0.4, 0.5) is 0 Å². The number of quaternary nitrogens is 1. The molecule has 0 atom stereocenters. The van der Waals surface area contributed by atoms with Crippen molar-refractivity contribution in [3.63, 3.8) is 0 Å². The Morgan fingerprint density at radius 3 is 2.57 bits per heavy atom. The molecule has 1 aliphatic heterocycles. The first kappa shape index (κ1) is 18.5. The zero-order valence-corrected chi connectivity index (χ0v) is 16.8. The maximum Gasteiger partial charge on any atom is 0.0826 e. The van der Waals surface area contributed by atoms with Crippen LogP contribution < -0.4 is 24.0 Å². The second-order valence-electron chi connectivity index (χ2n) is 7.35. The lowest BCUT2D eigenvalue weighted by Gasteiger charge is -2.29. The highest BCUT2D eigenvalue weighted by Gasteiger charge is 2.26. The van der Waals surface area contributed by atoms with Crippen LogP contribution in [-0.4, -0.2) is 35.7 Å². The van der Waals surface area contributed by atoms with Gasteiger partial charge >= 0.3 is 0 Å². The number of allylic oxidation sites excluding steroid dienone is 2. The van der Waals surface area contributed by atoms with Crippen molar-refractivity contribution >= 4 is 10.9 Å². The summed E-state index contributed by atoms with van der Waals surface area (Å²) in [6.45, 7) is 9.31. The van der Waals surface area contributed by atoms with Crippen LogP contribution in [0, 0.1) is 0 Å². The lowest BCUT2D eigenvalue weighted by atomic mass is 10.1. The van der Waals surface area contributed by atoms with Gasteiger partial charge in [-0.15, -0.1) is 0 Å². The Morgan fingerprint density at radius 1 is 1.17 bits per heavy atom. The number of aromatic nitrogens is 1. The van der Waals surface area contributed by atoms with E-state index in [1.54, 1.807) is 0 Å². The summed E-state index contributed by atoms with van der Waals surface area (Å²) in [5.74, 6) is 0. The Morgan fingerprint density at radius 2 is 1.87 bits per heavy atom. The van der Waals surface area contributed by atoms with E-state index in [1.165, 1.54) is 65.4 Å². The first-order valence-corrected chi connectivity index (χ1v) is 8.61. The zero-order valence-electron chi connectivity index (χ0n) is 14.7. The van der Waals surface area contributed by atoms with Gasteiger partial charge in [-0.2, -0.15) is 0 Å². The van der Waals surface area contributed by atoms with Gasteiger partial charge in [0.25, 0.3) is 0 Å². The number of nitrogens with zero attached hydrogens (tertiary/aromatic N) is 2. The van der Waals surface area contributed by atoms with Crippen LogP contribution in [0.25, 0.3) is 10.9 Å². The number of likely N-dealkylation sites (tertiary alicyclic amines) is 1. The van der Waals surface area contributed by atoms with E-state index in [-0.39, 0.29) is 24.0 Å². The number of halogens is 1. The molecule has 0 aliphatic carbocycles. The molecule has 1 aromatic heterocycles. The highest BCUT2D eigenvalue weighted by molar-refractivity contribution is 5.84. The van der Waals surface area contributed by atoms with Gasteiger partial charge in [0.1, 0.15) is 0 Å². The number of para-hydroxylation sites is 1. The molecule has 23 heavy (non-hydrogen) atoms. The quantitative estimate of drug-likeness (QED) is 0.389. The molecule has 1 saturated heterocycles. The molecule has 2 heterocycles. The minimum absolute atomic E-state index is 0. The topological polar surface area (TPSA) is 4.93 Å². The zero-order chi connectivity index (χ0) is 15.6. The third-order valence-corrected chi connectivity index (χ3v) is 5.13. The summed E-state index contributed by atoms with van der Waals surface area (Å²) in [4.78, 5) is 0. The Bertz CT molecular complexity index is 674. The smallest absolute Gasteiger partial charge is 0.0826 e. The number of rotatable bonds is 5. The van der Waals surface area contributed by atoms with Gasteiger partial charge in [-0.1, -0.05) is 29.8 Å². The van der Waals surface area contributed by atoms with E-state index in [2.05, 4.69) is 62.0 Å². The van der Waals surface area contributed by atoms with Crippen LogP contribution in [0.1, 0.15) is 32.3 Å². The summed E-state index contributed by atoms with van der Waals surface area (Å²) < 4.78 is 3.66. The molecule has 2 nitrogen and oxygen atoms in total. The number of likely N-dealkylation sites (N-methyl/N-ethyl adjacent to an activating group) is 1. The van der Waals surface area contributed by atoms with Crippen molar-refractivity contribution in [1.29, 1.82) is 0 Å². The van der Waals surface area contributed by atoms with Crippen LogP contribution in [0.2, 0.25) is 0 Å². The first-order valence-electron chi connectivity index (χ1n) is 8.61. The van der Waals surface area contributed by atoms with Crippen LogP contribution in [0.15, 0.2) is 42.1 Å². The molecule has 0 unspecified atom stereocenters. The fourth-order valence-electron chi connectivity index (χ4n) is 3.67. The Hall–Kier alpha value is -0.810. The molecule has 3 heteroatoms. The fourth-order valence-corrected chi connectivity index (χ4v) is 3.67. The van der Waals surface area contributed by atoms with E-state index >= 15 is 0 Å². The first-order chi connectivity index (χ1) is 10.6. The maximum atomic E-state index is 2.43. The predicted octanol–water partition coefficient (Wildman–Crippen LogP) is 1.39. The van der Waals surface area contributed by atoms with Gasteiger partial charge in [-0.3, -0.25) is 0 Å². The molecule has 0 amide bonds. The molecule has 0 spiro atoms. The standard InChI is InChI=1S/C20H29N2.HI/c1-17(2)10-12-21-16-18(19-8-4-5-9-20(19)21)11-15-22(3)13-6-7-14-22;/h4-5,8-10,16H,6-7,11-15H2,1-3H3;1H/q+1;/p-1. The van der Waals surface area contributed by atoms with Crippen LogP contribution in [-0.2, 0) is 13.0 Å². The molecule has 1 fully saturated rings. The van der Waals surface area contributed by atoms with Gasteiger partial charge in [0.15, 0.2) is 0 Å². The third-order valence-electron chi connectivity index (χ3n) is 5.13. The van der Waals surface area contributed by atoms with Crippen molar-refractivity contribution < 1.29 is 28.5 Å². The lowest BCUT2D eigenvalue weighted by molar-refractivity contribution is -0.897. The van der Waals surface area contributed by atoms with Gasteiger partial charge in [-0.05, 0) is 25.5 Å². The van der Waals surface area contributed by atoms with Gasteiger partial charge in [0, 0.05) is 42.9 Å². The maximum absolute atomic E-state index is 2.43. The second kappa shape index (κ2) is 7.84. The average Bonchev–Trinajstić information content (AvgIpc) is 3.08. The molecule has 3 rings (SSSR count). The molecular formula is C20H29IN2. The van der Waals surface area contributed by atoms with Crippen molar-refractivity contribution in [1.82, 2.24) is 4.57 Å². The summed E-state index contributed by atoms with van der Waals surface area (Å²) in [6.07, 6.45) is 8.69. The molecular weight excluding hydrogens is 395 g/mol. The normalized spacial score (nSPS) is 16.3. The summed E-state index contributed by atoms with van der Waals surface area (Å²) in [5, 5.41) is 1.44. The highest BCUT2D eigenvalue weighted by Crippen LogP contribution is 2.24. The predicted molar refractivity (Wildman–Crippen MR) is 95.1 cm³/mol. The number of fused-ring (bicyclic) bond motifs is 1. The molecule has 2 aromatic rings. The van der Waals surface area contributed by atoms with Crippen molar-refractivity contribution in [2.45, 2.75) is 39.7 Å². The van der Waals surface area contributed by atoms with Gasteiger partial charge in [0.2, 0.25) is 0 Å². The van der Waals surface area contributed by atoms with E-state index < -0.39 is 0 Å². The summed E-state index contributed by atoms with van der Waals surface area (Å²) in [7, 11) is 2.43. The number of benzene rings is 1. The molecule has 0 N–H and O–H groups in total. The van der Waals surface area contributed by atoms with E-state index in [9.17, 15) is 0 Å². The largest absolute Gasteiger partial charge is 1.00 e.